The van der Waals surface area contributed by atoms with E-state index in [0.717, 1.165) is 46.5 Å². The van der Waals surface area contributed by atoms with Crippen LogP contribution in [-0.2, 0) is 45.3 Å². The normalized spacial score (nSPS) is 18.5. The van der Waals surface area contributed by atoms with Crippen molar-refractivity contribution in [1.29, 1.82) is 0 Å². The van der Waals surface area contributed by atoms with Gasteiger partial charge in [0.1, 0.15) is 0 Å². The van der Waals surface area contributed by atoms with Gasteiger partial charge in [-0.1, -0.05) is 140 Å². The molecule has 1 aliphatic heterocycles. The molecule has 5 aromatic rings. The van der Waals surface area contributed by atoms with Gasteiger partial charge in [-0.2, -0.15) is 0 Å². The van der Waals surface area contributed by atoms with Gasteiger partial charge in [0.25, 0.3) is 0 Å². The summed E-state index contributed by atoms with van der Waals surface area (Å²) in [7, 11) is 0. The van der Waals surface area contributed by atoms with Crippen molar-refractivity contribution in [2.24, 2.45) is 5.92 Å². The van der Waals surface area contributed by atoms with Crippen LogP contribution in [0.3, 0.4) is 0 Å². The van der Waals surface area contributed by atoms with Gasteiger partial charge in [-0.25, -0.2) is 0 Å². The number of nitrogens with zero attached hydrogens (tertiary/aromatic N) is 1. The largest absolute Gasteiger partial charge is 0.481 e. The van der Waals surface area contributed by atoms with Crippen molar-refractivity contribution >= 4 is 11.9 Å². The van der Waals surface area contributed by atoms with E-state index < -0.39 is 12.3 Å². The maximum Gasteiger partial charge on any atom is 0.303 e. The average molecular weight is 713 g/mol. The van der Waals surface area contributed by atoms with Gasteiger partial charge in [-0.3, -0.25) is 14.5 Å². The van der Waals surface area contributed by atoms with Crippen molar-refractivity contribution in [2.45, 2.75) is 70.9 Å². The molecule has 1 aliphatic rings. The molecule has 0 radical (unpaired) electrons. The van der Waals surface area contributed by atoms with Crippen LogP contribution in [0.15, 0.2) is 133 Å². The van der Waals surface area contributed by atoms with Gasteiger partial charge in [0.15, 0.2) is 6.29 Å². The number of hydrogen-bond acceptors (Lipinski definition) is 6. The van der Waals surface area contributed by atoms with Crippen molar-refractivity contribution in [1.82, 2.24) is 10.2 Å². The zero-order valence-corrected chi connectivity index (χ0v) is 30.1. The van der Waals surface area contributed by atoms with Gasteiger partial charge in [-0.05, 0) is 45.4 Å². The van der Waals surface area contributed by atoms with Gasteiger partial charge >= 0.3 is 5.97 Å². The lowest BCUT2D eigenvalue weighted by Crippen LogP contribution is -2.44. The van der Waals surface area contributed by atoms with E-state index in [2.05, 4.69) is 77.8 Å². The van der Waals surface area contributed by atoms with Gasteiger partial charge in [-0.15, -0.1) is 0 Å². The summed E-state index contributed by atoms with van der Waals surface area (Å²) in [4.78, 5) is 25.7. The van der Waals surface area contributed by atoms with Crippen LogP contribution in [0.25, 0.3) is 11.1 Å². The molecular formula is C45H48N2O6. The molecule has 53 heavy (non-hydrogen) atoms. The van der Waals surface area contributed by atoms with E-state index in [1.807, 2.05) is 72.8 Å². The van der Waals surface area contributed by atoms with Crippen LogP contribution >= 0.6 is 0 Å². The van der Waals surface area contributed by atoms with Crippen LogP contribution in [0, 0.1) is 5.92 Å². The minimum absolute atomic E-state index is 0.0156. The van der Waals surface area contributed by atoms with E-state index >= 15 is 0 Å². The summed E-state index contributed by atoms with van der Waals surface area (Å²) in [5.74, 6) is -1.04. The first-order valence-corrected chi connectivity index (χ1v) is 18.3. The van der Waals surface area contributed by atoms with Crippen LogP contribution in [-0.4, -0.2) is 39.6 Å². The number of carbonyl (C=O) groups excluding carboxylic acids is 1. The molecule has 0 unspecified atom stereocenters. The SMILES string of the molecule is C[C@H]1[C@@H](CN(Cc2ccccc2)Cc2ccccc2)O[C@@H](c2ccc(-c3ccccc3CNC(=O)CCCC(=O)O)cc2)O[C@H]1c1ccc(CO)cc1. The molecule has 3 N–H and O–H groups in total. The molecule has 0 saturated carbocycles. The smallest absolute Gasteiger partial charge is 0.303 e. The molecule has 274 valence electrons. The third-order valence-electron chi connectivity index (χ3n) is 9.84. The molecule has 0 aliphatic carbocycles. The second kappa shape index (κ2) is 18.6. The summed E-state index contributed by atoms with van der Waals surface area (Å²) < 4.78 is 13.7. The number of carboxylic acid groups (broad SMARTS) is 1. The zero-order valence-electron chi connectivity index (χ0n) is 30.1. The maximum atomic E-state index is 12.4. The highest BCUT2D eigenvalue weighted by molar-refractivity contribution is 5.77. The van der Waals surface area contributed by atoms with E-state index in [0.29, 0.717) is 19.5 Å². The fourth-order valence-electron chi connectivity index (χ4n) is 6.91. The van der Waals surface area contributed by atoms with Crippen molar-refractivity contribution in [3.63, 3.8) is 0 Å². The molecule has 8 heteroatoms. The number of aliphatic carboxylic acids is 1. The molecule has 4 atom stereocenters. The molecule has 0 spiro atoms. The molecule has 1 fully saturated rings. The Balaban J connectivity index is 1.23. The Bertz CT molecular complexity index is 1860. The van der Waals surface area contributed by atoms with Gasteiger partial charge in [0.2, 0.25) is 5.91 Å². The van der Waals surface area contributed by atoms with Crippen molar-refractivity contribution in [3.05, 3.63) is 167 Å². The standard InChI is InChI=1S/C45H48N2O6/c1-32-41(30-47(28-33-11-4-2-5-12-33)29-34-13-6-3-7-14-34)52-45(53-44(32)37-21-19-35(31-48)20-22-37)38-25-23-36(24-26-38)40-16-9-8-15-39(40)27-46-42(49)17-10-18-43(50)51/h2-9,11-16,19-26,32,41,44-45,48H,10,17-18,27-31H2,1H3,(H,46,49)(H,50,51)/t32-,41+,44+,45+/m0/s1. The molecule has 6 rings (SSSR count). The average Bonchev–Trinajstić information content (AvgIpc) is 3.19. The summed E-state index contributed by atoms with van der Waals surface area (Å²) >= 11 is 0. The molecule has 1 amide bonds. The Labute approximate surface area is 312 Å². The lowest BCUT2D eigenvalue weighted by atomic mass is 9.89. The molecule has 0 bridgehead atoms. The minimum atomic E-state index is -0.902. The molecule has 0 aromatic heterocycles. The summed E-state index contributed by atoms with van der Waals surface area (Å²) in [6, 6.07) is 45.2. The number of nitrogens with one attached hydrogen (secondary N) is 1. The van der Waals surface area contributed by atoms with E-state index in [1.165, 1.54) is 11.1 Å². The Morgan fingerprint density at radius 3 is 1.92 bits per heavy atom. The van der Waals surface area contributed by atoms with E-state index in [4.69, 9.17) is 14.6 Å². The van der Waals surface area contributed by atoms with Gasteiger partial charge in [0.05, 0.1) is 18.8 Å². The zero-order chi connectivity index (χ0) is 37.0. The number of carbonyl (C=O) groups is 2. The van der Waals surface area contributed by atoms with Crippen molar-refractivity contribution in [3.8, 4) is 11.1 Å². The third kappa shape index (κ3) is 10.5. The highest BCUT2D eigenvalue weighted by atomic mass is 16.7. The Morgan fingerprint density at radius 2 is 1.30 bits per heavy atom. The number of ether oxygens (including phenoxy) is 2. The number of aliphatic hydroxyl groups is 1. The molecule has 1 saturated heterocycles. The number of hydrogen-bond donors (Lipinski definition) is 3. The topological polar surface area (TPSA) is 108 Å². The second-order valence-electron chi connectivity index (χ2n) is 13.8. The van der Waals surface area contributed by atoms with Crippen molar-refractivity contribution < 1.29 is 29.3 Å². The lowest BCUT2D eigenvalue weighted by Gasteiger charge is -2.43. The molecule has 5 aromatic carbocycles. The number of carboxylic acids is 1. The van der Waals surface area contributed by atoms with Crippen LogP contribution in [0.5, 0.6) is 0 Å². The van der Waals surface area contributed by atoms with Crippen LogP contribution in [0.2, 0.25) is 0 Å². The first kappa shape index (κ1) is 37.6. The van der Waals surface area contributed by atoms with E-state index in [-0.39, 0.29) is 43.5 Å². The Morgan fingerprint density at radius 1 is 0.698 bits per heavy atom. The number of amides is 1. The van der Waals surface area contributed by atoms with Crippen LogP contribution < -0.4 is 5.32 Å². The van der Waals surface area contributed by atoms with E-state index in [1.54, 1.807) is 0 Å². The fourth-order valence-corrected chi connectivity index (χ4v) is 6.91. The quantitative estimate of drug-likeness (QED) is 0.0947. The molecule has 8 nitrogen and oxygen atoms in total. The predicted molar refractivity (Wildman–Crippen MR) is 205 cm³/mol. The highest BCUT2D eigenvalue weighted by Crippen LogP contribution is 2.42. The van der Waals surface area contributed by atoms with E-state index in [9.17, 15) is 14.7 Å². The van der Waals surface area contributed by atoms with Gasteiger partial charge in [0, 0.05) is 50.5 Å². The maximum absolute atomic E-state index is 12.4. The predicted octanol–water partition coefficient (Wildman–Crippen LogP) is 8.21. The Kier molecular flexibility index (Phi) is 13.2. The van der Waals surface area contributed by atoms with Crippen LogP contribution in [0.4, 0.5) is 0 Å². The monoisotopic (exact) mass is 712 g/mol. The summed E-state index contributed by atoms with van der Waals surface area (Å²) in [6.45, 7) is 4.78. The van der Waals surface area contributed by atoms with Crippen molar-refractivity contribution in [2.75, 3.05) is 6.54 Å². The highest BCUT2D eigenvalue weighted by Gasteiger charge is 2.39. The number of aliphatic hydroxyl groups excluding tert-OH is 1. The molecular weight excluding hydrogens is 665 g/mol. The summed E-state index contributed by atoms with van der Waals surface area (Å²) in [5, 5.41) is 21.5. The lowest BCUT2D eigenvalue weighted by molar-refractivity contribution is -0.276. The number of benzene rings is 5. The minimum Gasteiger partial charge on any atom is -0.481 e. The molecule has 1 heterocycles. The second-order valence-corrected chi connectivity index (χ2v) is 13.8. The summed E-state index contributed by atoms with van der Waals surface area (Å²) in [6.07, 6.45) is -0.538. The third-order valence-corrected chi connectivity index (χ3v) is 9.84. The first-order valence-electron chi connectivity index (χ1n) is 18.3. The summed E-state index contributed by atoms with van der Waals surface area (Å²) in [5.41, 5.74) is 8.25. The van der Waals surface area contributed by atoms with Gasteiger partial charge < -0.3 is 25.0 Å². The van der Waals surface area contributed by atoms with Crippen LogP contribution in [0.1, 0.15) is 72.0 Å². The fraction of sp³-hybridized carbons (Fsp3) is 0.289. The first-order chi connectivity index (χ1) is 25.9. The Hall–Kier alpha value is -5.12. The number of rotatable bonds is 16.